The van der Waals surface area contributed by atoms with Crippen LogP contribution in [0.4, 0.5) is 0 Å². The summed E-state index contributed by atoms with van der Waals surface area (Å²) in [5.41, 5.74) is -1.63. The van der Waals surface area contributed by atoms with Crippen LogP contribution < -0.4 is 0 Å². The summed E-state index contributed by atoms with van der Waals surface area (Å²) >= 11 is 0. The Morgan fingerprint density at radius 2 is 1.93 bits per heavy atom. The molecule has 0 amide bonds. The highest BCUT2D eigenvalue weighted by Crippen LogP contribution is 2.28. The number of nitrogens with zero attached hydrogens (tertiary/aromatic N) is 1. The van der Waals surface area contributed by atoms with Crippen molar-refractivity contribution in [2.45, 2.75) is 26.0 Å². The number of nitro groups is 1. The van der Waals surface area contributed by atoms with Gasteiger partial charge in [-0.2, -0.15) is 0 Å². The Kier molecular flexibility index (Phi) is 3.42. The molecule has 4 heteroatoms. The smallest absolute Gasteiger partial charge is 0.327 e. The fraction of sp³-hybridized carbons (Fsp3) is 0.455. The molecule has 1 aromatic carbocycles. The summed E-state index contributed by atoms with van der Waals surface area (Å²) in [7, 11) is 0. The molecule has 1 rings (SSSR count). The minimum absolute atomic E-state index is 0.0561. The molecular weight excluding hydrogens is 194 g/mol. The van der Waals surface area contributed by atoms with Gasteiger partial charge in [-0.25, -0.2) is 0 Å². The number of hydrogen-bond acceptors (Lipinski definition) is 3. The molecule has 0 aliphatic carbocycles. The van der Waals surface area contributed by atoms with Gasteiger partial charge in [0, 0.05) is 0 Å². The molecule has 1 unspecified atom stereocenters. The summed E-state index contributed by atoms with van der Waals surface area (Å²) in [4.78, 5) is 10.3. The van der Waals surface area contributed by atoms with Crippen LogP contribution in [0, 0.1) is 16.0 Å². The molecule has 1 atom stereocenters. The molecule has 1 N–H and O–H groups in total. The number of benzene rings is 1. The summed E-state index contributed by atoms with van der Waals surface area (Å²) in [5.74, 6) is 0.0561. The molecule has 0 aliphatic rings. The third-order valence-corrected chi connectivity index (χ3v) is 2.23. The molecule has 82 valence electrons. The summed E-state index contributed by atoms with van der Waals surface area (Å²) in [6.07, 6.45) is 0.115. The molecule has 0 spiro atoms. The van der Waals surface area contributed by atoms with E-state index in [1.54, 1.807) is 30.3 Å². The Balaban J connectivity index is 3.07. The average Bonchev–Trinajstić information content (AvgIpc) is 2.17. The molecule has 0 bridgehead atoms. The Hall–Kier alpha value is -1.42. The van der Waals surface area contributed by atoms with Crippen LogP contribution in [-0.2, 0) is 5.72 Å². The minimum Gasteiger partial charge on any atom is -0.327 e. The van der Waals surface area contributed by atoms with Crippen LogP contribution in [0.2, 0.25) is 0 Å². The van der Waals surface area contributed by atoms with E-state index in [-0.39, 0.29) is 12.3 Å². The van der Waals surface area contributed by atoms with Crippen LogP contribution in [0.5, 0.6) is 0 Å². The van der Waals surface area contributed by atoms with Crippen LogP contribution >= 0.6 is 0 Å². The van der Waals surface area contributed by atoms with E-state index in [0.29, 0.717) is 5.56 Å². The summed E-state index contributed by atoms with van der Waals surface area (Å²) in [5, 5.41) is 20.9. The molecule has 4 nitrogen and oxygen atoms in total. The van der Waals surface area contributed by atoms with Crippen LogP contribution in [0.3, 0.4) is 0 Å². The Labute approximate surface area is 88.7 Å². The van der Waals surface area contributed by atoms with E-state index in [4.69, 9.17) is 0 Å². The van der Waals surface area contributed by atoms with Gasteiger partial charge in [0.1, 0.15) is 0 Å². The SMILES string of the molecule is CC(C)CC(O)(c1ccccc1)[N+](=O)[O-]. The lowest BCUT2D eigenvalue weighted by Gasteiger charge is -2.21. The first-order valence-corrected chi connectivity index (χ1v) is 4.89. The van der Waals surface area contributed by atoms with Crippen LogP contribution in [-0.4, -0.2) is 10.0 Å². The zero-order valence-corrected chi connectivity index (χ0v) is 8.88. The summed E-state index contributed by atoms with van der Waals surface area (Å²) < 4.78 is 0. The maximum atomic E-state index is 10.9. The van der Waals surface area contributed by atoms with E-state index >= 15 is 0 Å². The predicted molar refractivity (Wildman–Crippen MR) is 56.8 cm³/mol. The molecule has 1 aromatic rings. The predicted octanol–water partition coefficient (Wildman–Crippen LogP) is 2.15. The van der Waals surface area contributed by atoms with Gasteiger partial charge >= 0.3 is 5.72 Å². The highest BCUT2D eigenvalue weighted by atomic mass is 16.7. The highest BCUT2D eigenvalue weighted by molar-refractivity contribution is 5.19. The zero-order valence-electron chi connectivity index (χ0n) is 8.88. The number of rotatable bonds is 4. The highest BCUT2D eigenvalue weighted by Gasteiger charge is 2.42. The van der Waals surface area contributed by atoms with Gasteiger partial charge < -0.3 is 5.11 Å². The van der Waals surface area contributed by atoms with Crippen molar-refractivity contribution in [2.75, 3.05) is 0 Å². The van der Waals surface area contributed by atoms with Crippen molar-refractivity contribution in [1.29, 1.82) is 0 Å². The lowest BCUT2D eigenvalue weighted by molar-refractivity contribution is -0.639. The van der Waals surface area contributed by atoms with E-state index in [9.17, 15) is 15.2 Å². The van der Waals surface area contributed by atoms with Gasteiger partial charge in [0.25, 0.3) is 0 Å². The van der Waals surface area contributed by atoms with Crippen LogP contribution in [0.1, 0.15) is 25.8 Å². The van der Waals surface area contributed by atoms with Crippen LogP contribution in [0.15, 0.2) is 30.3 Å². The van der Waals surface area contributed by atoms with Gasteiger partial charge in [-0.15, -0.1) is 0 Å². The van der Waals surface area contributed by atoms with Crippen molar-refractivity contribution in [3.05, 3.63) is 46.0 Å². The first kappa shape index (κ1) is 11.7. The van der Waals surface area contributed by atoms with E-state index in [2.05, 4.69) is 0 Å². The normalized spacial score (nSPS) is 14.9. The van der Waals surface area contributed by atoms with Gasteiger partial charge in [-0.1, -0.05) is 32.0 Å². The monoisotopic (exact) mass is 209 g/mol. The summed E-state index contributed by atoms with van der Waals surface area (Å²) in [6.45, 7) is 3.69. The molecule has 0 heterocycles. The van der Waals surface area contributed by atoms with Gasteiger partial charge in [-0.05, 0) is 18.1 Å². The summed E-state index contributed by atoms with van der Waals surface area (Å²) in [6, 6.07) is 8.28. The van der Waals surface area contributed by atoms with E-state index in [0.717, 1.165) is 0 Å². The molecule has 0 aliphatic heterocycles. The standard InChI is InChI=1S/C11H15NO3/c1-9(2)8-11(13,12(14)15)10-6-4-3-5-7-10/h3-7,9,13H,8H2,1-2H3. The number of aliphatic hydroxyl groups is 1. The van der Waals surface area contributed by atoms with Crippen molar-refractivity contribution >= 4 is 0 Å². The van der Waals surface area contributed by atoms with Crippen molar-refractivity contribution < 1.29 is 10.0 Å². The Morgan fingerprint density at radius 1 is 1.40 bits per heavy atom. The van der Waals surface area contributed by atoms with Crippen molar-refractivity contribution in [3.63, 3.8) is 0 Å². The average molecular weight is 209 g/mol. The third-order valence-electron chi connectivity index (χ3n) is 2.23. The van der Waals surface area contributed by atoms with Gasteiger partial charge in [0.05, 0.1) is 16.9 Å². The lowest BCUT2D eigenvalue weighted by Crippen LogP contribution is -2.36. The molecule has 0 saturated heterocycles. The Bertz CT molecular complexity index is 337. The van der Waals surface area contributed by atoms with Gasteiger partial charge in [0.15, 0.2) is 0 Å². The van der Waals surface area contributed by atoms with Crippen molar-refractivity contribution in [1.82, 2.24) is 0 Å². The van der Waals surface area contributed by atoms with E-state index in [1.807, 2.05) is 13.8 Å². The van der Waals surface area contributed by atoms with Gasteiger partial charge in [0.2, 0.25) is 0 Å². The molecule has 0 fully saturated rings. The Morgan fingerprint density at radius 3 is 2.33 bits per heavy atom. The fourth-order valence-corrected chi connectivity index (χ4v) is 1.57. The molecule has 0 aromatic heterocycles. The van der Waals surface area contributed by atoms with Crippen molar-refractivity contribution in [3.8, 4) is 0 Å². The first-order valence-electron chi connectivity index (χ1n) is 4.89. The quantitative estimate of drug-likeness (QED) is 0.469. The minimum atomic E-state index is -1.96. The van der Waals surface area contributed by atoms with Crippen molar-refractivity contribution in [2.24, 2.45) is 5.92 Å². The maximum Gasteiger partial charge on any atom is 0.349 e. The molecular formula is C11H15NO3. The molecule has 15 heavy (non-hydrogen) atoms. The zero-order chi connectivity index (χ0) is 11.5. The molecule has 0 radical (unpaired) electrons. The first-order chi connectivity index (χ1) is 6.97. The topological polar surface area (TPSA) is 63.4 Å². The second kappa shape index (κ2) is 4.40. The fourth-order valence-electron chi connectivity index (χ4n) is 1.57. The van der Waals surface area contributed by atoms with E-state index in [1.165, 1.54) is 0 Å². The van der Waals surface area contributed by atoms with E-state index < -0.39 is 10.6 Å². The van der Waals surface area contributed by atoms with Crippen LogP contribution in [0.25, 0.3) is 0 Å². The second-order valence-corrected chi connectivity index (χ2v) is 4.04. The lowest BCUT2D eigenvalue weighted by atomic mass is 9.94. The third kappa shape index (κ3) is 2.53. The second-order valence-electron chi connectivity index (χ2n) is 4.04. The number of hydrogen-bond donors (Lipinski definition) is 1. The van der Waals surface area contributed by atoms with Gasteiger partial charge in [-0.3, -0.25) is 10.1 Å². The molecule has 0 saturated carbocycles. The largest absolute Gasteiger partial charge is 0.349 e. The maximum absolute atomic E-state index is 10.9.